The summed E-state index contributed by atoms with van der Waals surface area (Å²) in [5, 5.41) is 0. The number of esters is 1. The summed E-state index contributed by atoms with van der Waals surface area (Å²) in [4.78, 5) is 26.6. The highest BCUT2D eigenvalue weighted by molar-refractivity contribution is 6.03. The third-order valence-corrected chi connectivity index (χ3v) is 5.94. The van der Waals surface area contributed by atoms with Gasteiger partial charge in [0.25, 0.3) is 0 Å². The van der Waals surface area contributed by atoms with Crippen LogP contribution in [0.25, 0.3) is 6.08 Å². The summed E-state index contributed by atoms with van der Waals surface area (Å²) in [6.07, 6.45) is 5.92. The van der Waals surface area contributed by atoms with Crippen LogP contribution in [0.15, 0.2) is 91.0 Å². The van der Waals surface area contributed by atoms with E-state index in [-0.39, 0.29) is 23.8 Å². The van der Waals surface area contributed by atoms with Crippen molar-refractivity contribution in [2.24, 2.45) is 5.92 Å². The maximum Gasteiger partial charge on any atom is 0.330 e. The van der Waals surface area contributed by atoms with Crippen LogP contribution in [0.3, 0.4) is 0 Å². The number of aryl methyl sites for hydroxylation is 1. The van der Waals surface area contributed by atoms with Crippen molar-refractivity contribution in [2.75, 3.05) is 12.0 Å². The average molecular weight is 426 g/mol. The molecule has 4 nitrogen and oxygen atoms in total. The van der Waals surface area contributed by atoms with Gasteiger partial charge < -0.3 is 9.64 Å². The number of rotatable bonds is 8. The molecule has 1 amide bonds. The Labute approximate surface area is 189 Å². The summed E-state index contributed by atoms with van der Waals surface area (Å²) >= 11 is 0. The molecular formula is C28H27NO3. The molecule has 32 heavy (non-hydrogen) atoms. The molecule has 0 N–H and O–H groups in total. The minimum absolute atomic E-state index is 0.0212. The number of hydrogen-bond donors (Lipinski definition) is 0. The zero-order valence-corrected chi connectivity index (χ0v) is 18.2. The largest absolute Gasteiger partial charge is 0.466 e. The average Bonchev–Trinajstić information content (AvgIpc) is 2.84. The number of amides is 1. The molecule has 1 fully saturated rings. The fourth-order valence-electron chi connectivity index (χ4n) is 4.34. The molecule has 3 aromatic rings. The van der Waals surface area contributed by atoms with Crippen LogP contribution in [0, 0.1) is 5.92 Å². The summed E-state index contributed by atoms with van der Waals surface area (Å²) in [5.74, 6) is -0.276. The predicted molar refractivity (Wildman–Crippen MR) is 127 cm³/mol. The molecule has 1 heterocycles. The second-order valence-corrected chi connectivity index (χ2v) is 8.00. The number of anilines is 1. The number of carbonyl (C=O) groups is 2. The molecule has 0 spiro atoms. The van der Waals surface area contributed by atoms with Gasteiger partial charge in [-0.3, -0.25) is 4.79 Å². The molecule has 0 aromatic heterocycles. The lowest BCUT2D eigenvalue weighted by molar-refractivity contribution is -0.134. The summed E-state index contributed by atoms with van der Waals surface area (Å²) in [6.45, 7) is 0. The van der Waals surface area contributed by atoms with Crippen molar-refractivity contribution in [3.05, 3.63) is 108 Å². The first-order chi connectivity index (χ1) is 15.7. The number of carbonyl (C=O) groups excluding carboxylic acids is 2. The lowest BCUT2D eigenvalue weighted by Crippen LogP contribution is -2.55. The molecule has 1 aliphatic heterocycles. The van der Waals surface area contributed by atoms with Gasteiger partial charge in [0.15, 0.2) is 0 Å². The van der Waals surface area contributed by atoms with Gasteiger partial charge >= 0.3 is 5.97 Å². The molecular weight excluding hydrogens is 398 g/mol. The molecule has 1 saturated heterocycles. The quantitative estimate of drug-likeness (QED) is 0.268. The first-order valence-corrected chi connectivity index (χ1v) is 11.0. The molecule has 0 bridgehead atoms. The molecule has 0 radical (unpaired) electrons. The zero-order valence-electron chi connectivity index (χ0n) is 18.2. The van der Waals surface area contributed by atoms with Gasteiger partial charge in [-0.25, -0.2) is 4.79 Å². The van der Waals surface area contributed by atoms with E-state index in [0.29, 0.717) is 0 Å². The predicted octanol–water partition coefficient (Wildman–Crippen LogP) is 5.60. The Morgan fingerprint density at radius 1 is 0.969 bits per heavy atom. The monoisotopic (exact) mass is 425 g/mol. The van der Waals surface area contributed by atoms with E-state index in [4.69, 9.17) is 4.74 Å². The Hall–Kier alpha value is -3.66. The standard InChI is InChI=1S/C28H27NO3/c1-32-26(30)19-18-22-13-8-14-23(20-22)27-25(17-9-12-21-10-4-2-5-11-21)28(31)29(27)24-15-6-3-7-16-24/h2-8,10-11,13-16,18-20,25,27H,9,12,17H2,1H3/b19-18+. The second-order valence-electron chi connectivity index (χ2n) is 8.00. The topological polar surface area (TPSA) is 46.6 Å². The number of ether oxygens (including phenoxy) is 1. The van der Waals surface area contributed by atoms with Gasteiger partial charge in [0.2, 0.25) is 5.91 Å². The first kappa shape index (κ1) is 21.6. The Morgan fingerprint density at radius 3 is 2.41 bits per heavy atom. The highest BCUT2D eigenvalue weighted by Crippen LogP contribution is 2.45. The number of para-hydroxylation sites is 1. The van der Waals surface area contributed by atoms with E-state index in [0.717, 1.165) is 36.1 Å². The van der Waals surface area contributed by atoms with Crippen molar-refractivity contribution in [1.82, 2.24) is 0 Å². The molecule has 2 unspecified atom stereocenters. The van der Waals surface area contributed by atoms with Crippen LogP contribution in [0.4, 0.5) is 5.69 Å². The lowest BCUT2D eigenvalue weighted by Gasteiger charge is -2.48. The smallest absolute Gasteiger partial charge is 0.330 e. The number of benzene rings is 3. The lowest BCUT2D eigenvalue weighted by atomic mass is 9.78. The number of nitrogens with zero attached hydrogens (tertiary/aromatic N) is 1. The van der Waals surface area contributed by atoms with E-state index in [9.17, 15) is 9.59 Å². The van der Waals surface area contributed by atoms with Gasteiger partial charge in [0.05, 0.1) is 19.1 Å². The van der Waals surface area contributed by atoms with Crippen molar-refractivity contribution >= 4 is 23.6 Å². The summed E-state index contributed by atoms with van der Waals surface area (Å²) in [7, 11) is 1.36. The molecule has 4 rings (SSSR count). The highest BCUT2D eigenvalue weighted by atomic mass is 16.5. The SMILES string of the molecule is COC(=O)/C=C/c1cccc(C2C(CCCc3ccccc3)C(=O)N2c2ccccc2)c1. The van der Waals surface area contributed by atoms with Crippen molar-refractivity contribution in [3.8, 4) is 0 Å². The Kier molecular flexibility index (Phi) is 6.81. The van der Waals surface area contributed by atoms with Crippen LogP contribution < -0.4 is 4.90 Å². The van der Waals surface area contributed by atoms with E-state index in [1.807, 2.05) is 53.4 Å². The van der Waals surface area contributed by atoms with Gasteiger partial charge in [0, 0.05) is 11.8 Å². The summed E-state index contributed by atoms with van der Waals surface area (Å²) in [5.41, 5.74) is 4.19. The van der Waals surface area contributed by atoms with Crippen LogP contribution in [0.2, 0.25) is 0 Å². The Balaban J connectivity index is 1.56. The Bertz CT molecular complexity index is 1090. The number of β-lactam (4-membered cyclic amide) rings is 1. The first-order valence-electron chi connectivity index (χ1n) is 11.0. The molecule has 3 aromatic carbocycles. The second kappa shape index (κ2) is 10.1. The van der Waals surface area contributed by atoms with Gasteiger partial charge in [-0.15, -0.1) is 0 Å². The van der Waals surface area contributed by atoms with E-state index in [1.54, 1.807) is 6.08 Å². The molecule has 2 atom stereocenters. The maximum atomic E-state index is 13.2. The summed E-state index contributed by atoms with van der Waals surface area (Å²) < 4.78 is 4.69. The summed E-state index contributed by atoms with van der Waals surface area (Å²) in [6, 6.07) is 28.2. The van der Waals surface area contributed by atoms with Crippen molar-refractivity contribution in [3.63, 3.8) is 0 Å². The third kappa shape index (κ3) is 4.80. The van der Waals surface area contributed by atoms with E-state index in [1.165, 1.54) is 18.7 Å². The van der Waals surface area contributed by atoms with Gasteiger partial charge in [-0.1, -0.05) is 66.7 Å². The molecule has 162 valence electrons. The van der Waals surface area contributed by atoms with Crippen LogP contribution in [0.5, 0.6) is 0 Å². The van der Waals surface area contributed by atoms with E-state index < -0.39 is 0 Å². The van der Waals surface area contributed by atoms with Crippen molar-refractivity contribution in [2.45, 2.75) is 25.3 Å². The zero-order chi connectivity index (χ0) is 22.3. The van der Waals surface area contributed by atoms with Gasteiger partial charge in [0.1, 0.15) is 0 Å². The molecule has 0 aliphatic carbocycles. The van der Waals surface area contributed by atoms with Gasteiger partial charge in [-0.2, -0.15) is 0 Å². The third-order valence-electron chi connectivity index (χ3n) is 5.94. The maximum absolute atomic E-state index is 13.2. The van der Waals surface area contributed by atoms with Crippen molar-refractivity contribution < 1.29 is 14.3 Å². The van der Waals surface area contributed by atoms with E-state index >= 15 is 0 Å². The van der Waals surface area contributed by atoms with Crippen LogP contribution >= 0.6 is 0 Å². The normalized spacial score (nSPS) is 17.9. The fraction of sp³-hybridized carbons (Fsp3) is 0.214. The van der Waals surface area contributed by atoms with Crippen molar-refractivity contribution in [1.29, 1.82) is 0 Å². The van der Waals surface area contributed by atoms with E-state index in [2.05, 4.69) is 36.4 Å². The number of methoxy groups -OCH3 is 1. The fourth-order valence-corrected chi connectivity index (χ4v) is 4.34. The molecule has 1 aliphatic rings. The van der Waals surface area contributed by atoms with Crippen LogP contribution in [-0.2, 0) is 20.7 Å². The highest BCUT2D eigenvalue weighted by Gasteiger charge is 2.48. The molecule has 4 heteroatoms. The van der Waals surface area contributed by atoms with Crippen LogP contribution in [-0.4, -0.2) is 19.0 Å². The van der Waals surface area contributed by atoms with Gasteiger partial charge in [-0.05, 0) is 60.2 Å². The minimum Gasteiger partial charge on any atom is -0.466 e. The molecule has 0 saturated carbocycles. The number of hydrogen-bond acceptors (Lipinski definition) is 3. The van der Waals surface area contributed by atoms with Crippen LogP contribution in [0.1, 0.15) is 35.6 Å². The Morgan fingerprint density at radius 2 is 1.69 bits per heavy atom. The minimum atomic E-state index is -0.390.